The van der Waals surface area contributed by atoms with Crippen LogP contribution in [-0.2, 0) is 15.1 Å². The van der Waals surface area contributed by atoms with Crippen LogP contribution in [0.4, 0.5) is 0 Å². The lowest BCUT2D eigenvalue weighted by atomic mass is 9.73. The molecule has 35 heavy (non-hydrogen) atoms. The smallest absolute Gasteiger partial charge is 0.174 e. The van der Waals surface area contributed by atoms with E-state index < -0.39 is 17.1 Å². The van der Waals surface area contributed by atoms with Crippen molar-refractivity contribution in [3.8, 4) is 0 Å². The van der Waals surface area contributed by atoms with Crippen LogP contribution in [-0.4, -0.2) is 11.4 Å². The molecule has 2 atom stereocenters. The summed E-state index contributed by atoms with van der Waals surface area (Å²) in [6, 6.07) is 40.5. The summed E-state index contributed by atoms with van der Waals surface area (Å²) >= 11 is 0. The zero-order valence-electron chi connectivity index (χ0n) is 20.4. The van der Waals surface area contributed by atoms with Crippen LogP contribution in [0.1, 0.15) is 48.9 Å². The van der Waals surface area contributed by atoms with Gasteiger partial charge in [0.15, 0.2) is 5.78 Å². The van der Waals surface area contributed by atoms with Crippen molar-refractivity contribution < 1.29 is 9.53 Å². The molecule has 0 unspecified atom stereocenters. The molecule has 1 aliphatic rings. The van der Waals surface area contributed by atoms with Gasteiger partial charge in [-0.2, -0.15) is 0 Å². The Labute approximate surface area is 207 Å². The first-order chi connectivity index (χ1) is 16.9. The molecule has 0 amide bonds. The molecule has 5 rings (SSSR count). The molecule has 0 heterocycles. The van der Waals surface area contributed by atoms with E-state index in [1.54, 1.807) is 0 Å². The van der Waals surface area contributed by atoms with Gasteiger partial charge >= 0.3 is 0 Å². The number of hydrogen-bond acceptors (Lipinski definition) is 2. The number of benzene rings is 4. The Balaban J connectivity index is 1.95. The molecule has 1 aliphatic carbocycles. The predicted octanol–water partition coefficient (Wildman–Crippen LogP) is 7.67. The summed E-state index contributed by atoms with van der Waals surface area (Å²) in [5.74, 6) is -0.454. The van der Waals surface area contributed by atoms with E-state index in [-0.39, 0.29) is 5.78 Å². The number of Topliss-reactive ketones (excluding diaryl/α,β-unsaturated/α-hetero) is 1. The Hall–Kier alpha value is -3.75. The minimum Gasteiger partial charge on any atom is -0.359 e. The van der Waals surface area contributed by atoms with Gasteiger partial charge in [-0.3, -0.25) is 4.79 Å². The minimum absolute atomic E-state index is 0.0781. The number of ketones is 1. The summed E-state index contributed by atoms with van der Waals surface area (Å²) in [7, 11) is 0. The molecule has 0 saturated heterocycles. The molecular weight excluding hydrogens is 428 g/mol. The van der Waals surface area contributed by atoms with Crippen LogP contribution in [0, 0.1) is 0 Å². The molecule has 0 radical (unpaired) electrons. The number of rotatable bonds is 5. The summed E-state index contributed by atoms with van der Waals surface area (Å²) in [6.45, 7) is 6.19. The highest BCUT2D eigenvalue weighted by Gasteiger charge is 2.58. The van der Waals surface area contributed by atoms with Crippen molar-refractivity contribution in [3.63, 3.8) is 0 Å². The van der Waals surface area contributed by atoms with E-state index in [0.717, 1.165) is 33.4 Å². The van der Waals surface area contributed by atoms with Crippen molar-refractivity contribution in [2.24, 2.45) is 0 Å². The van der Waals surface area contributed by atoms with Crippen LogP contribution in [0.15, 0.2) is 121 Å². The zero-order chi connectivity index (χ0) is 24.5. The van der Waals surface area contributed by atoms with Gasteiger partial charge in [-0.15, -0.1) is 0 Å². The second-order valence-electron chi connectivity index (χ2n) is 10.0. The number of carbonyl (C=O) groups is 1. The molecule has 0 spiro atoms. The van der Waals surface area contributed by atoms with Crippen LogP contribution in [0.3, 0.4) is 0 Å². The summed E-state index contributed by atoms with van der Waals surface area (Å²) in [5.41, 5.74) is 3.94. The highest BCUT2D eigenvalue weighted by atomic mass is 16.5. The maximum atomic E-state index is 14.6. The quantitative estimate of drug-likeness (QED) is 0.307. The van der Waals surface area contributed by atoms with Gasteiger partial charge in [-0.25, -0.2) is 0 Å². The lowest BCUT2D eigenvalue weighted by Gasteiger charge is -2.43. The maximum absolute atomic E-state index is 14.6. The van der Waals surface area contributed by atoms with Gasteiger partial charge < -0.3 is 4.74 Å². The van der Waals surface area contributed by atoms with Crippen molar-refractivity contribution in [1.29, 1.82) is 0 Å². The van der Waals surface area contributed by atoms with Crippen LogP contribution < -0.4 is 0 Å². The third-order valence-electron chi connectivity index (χ3n) is 6.46. The normalized spacial score (nSPS) is 20.3. The highest BCUT2D eigenvalue weighted by Crippen LogP contribution is 2.60. The van der Waals surface area contributed by atoms with Gasteiger partial charge in [0.25, 0.3) is 0 Å². The third-order valence-corrected chi connectivity index (χ3v) is 6.46. The van der Waals surface area contributed by atoms with E-state index in [9.17, 15) is 4.79 Å². The number of ether oxygens (including phenoxy) is 1. The molecule has 0 saturated carbocycles. The molecule has 2 nitrogen and oxygen atoms in total. The Kier molecular flexibility index (Phi) is 6.00. The Morgan fingerprint density at radius 3 is 1.60 bits per heavy atom. The van der Waals surface area contributed by atoms with Gasteiger partial charge in [0.1, 0.15) is 5.60 Å². The molecular formula is C33H30O2. The molecule has 0 fully saturated rings. The van der Waals surface area contributed by atoms with Crippen molar-refractivity contribution >= 4 is 16.9 Å². The molecule has 0 bridgehead atoms. The van der Waals surface area contributed by atoms with Crippen LogP contribution in [0.25, 0.3) is 11.1 Å². The number of allylic oxidation sites excluding steroid dienone is 1. The topological polar surface area (TPSA) is 26.3 Å². The summed E-state index contributed by atoms with van der Waals surface area (Å²) < 4.78 is 7.15. The van der Waals surface area contributed by atoms with Crippen LogP contribution in [0.5, 0.6) is 0 Å². The van der Waals surface area contributed by atoms with Crippen LogP contribution in [0.2, 0.25) is 0 Å². The highest BCUT2D eigenvalue weighted by molar-refractivity contribution is 6.35. The predicted molar refractivity (Wildman–Crippen MR) is 143 cm³/mol. The lowest BCUT2D eigenvalue weighted by Crippen LogP contribution is -2.43. The first-order valence-corrected chi connectivity index (χ1v) is 12.1. The van der Waals surface area contributed by atoms with Crippen molar-refractivity contribution in [3.05, 3.63) is 144 Å². The molecule has 4 aromatic rings. The SMILES string of the molecule is CC(C)(C)O[C@@]1(c2ccccc2)C(c2ccccc2)=C(c2ccccc2)C(=O)[C@@H]1c1ccccc1. The second-order valence-corrected chi connectivity index (χ2v) is 10.0. The fraction of sp³-hybridized carbons (Fsp3) is 0.182. The van der Waals surface area contributed by atoms with E-state index in [1.807, 2.05) is 97.1 Å². The number of carbonyl (C=O) groups excluding carboxylic acids is 1. The van der Waals surface area contributed by atoms with Crippen molar-refractivity contribution in [2.45, 2.75) is 37.9 Å². The van der Waals surface area contributed by atoms with Crippen LogP contribution >= 0.6 is 0 Å². The van der Waals surface area contributed by atoms with Crippen molar-refractivity contribution in [2.75, 3.05) is 0 Å². The third kappa shape index (κ3) is 4.15. The van der Waals surface area contributed by atoms with Gasteiger partial charge in [0.2, 0.25) is 0 Å². The fourth-order valence-electron chi connectivity index (χ4n) is 5.32. The van der Waals surface area contributed by atoms with Gasteiger partial charge in [-0.05, 0) is 43.0 Å². The van der Waals surface area contributed by atoms with E-state index in [0.29, 0.717) is 0 Å². The molecule has 2 heteroatoms. The fourth-order valence-corrected chi connectivity index (χ4v) is 5.32. The average molecular weight is 459 g/mol. The van der Waals surface area contributed by atoms with E-state index in [2.05, 4.69) is 45.0 Å². The Morgan fingerprint density at radius 2 is 1.09 bits per heavy atom. The lowest BCUT2D eigenvalue weighted by molar-refractivity contribution is -0.134. The van der Waals surface area contributed by atoms with E-state index >= 15 is 0 Å². The van der Waals surface area contributed by atoms with Gasteiger partial charge in [0.05, 0.1) is 11.5 Å². The van der Waals surface area contributed by atoms with E-state index in [4.69, 9.17) is 4.74 Å². The summed E-state index contributed by atoms with van der Waals surface area (Å²) in [4.78, 5) is 14.6. The molecule has 0 aliphatic heterocycles. The second kappa shape index (κ2) is 9.13. The molecule has 0 aromatic heterocycles. The summed E-state index contributed by atoms with van der Waals surface area (Å²) in [5, 5.41) is 0. The Morgan fingerprint density at radius 1 is 0.629 bits per heavy atom. The van der Waals surface area contributed by atoms with Gasteiger partial charge in [0, 0.05) is 11.1 Å². The average Bonchev–Trinajstić information content (AvgIpc) is 3.13. The monoisotopic (exact) mass is 458 g/mol. The zero-order valence-corrected chi connectivity index (χ0v) is 20.4. The Bertz CT molecular complexity index is 1330. The first kappa shape index (κ1) is 23.0. The maximum Gasteiger partial charge on any atom is 0.174 e. The van der Waals surface area contributed by atoms with E-state index in [1.165, 1.54) is 0 Å². The molecule has 0 N–H and O–H groups in total. The van der Waals surface area contributed by atoms with Gasteiger partial charge in [-0.1, -0.05) is 121 Å². The molecule has 4 aromatic carbocycles. The largest absolute Gasteiger partial charge is 0.359 e. The number of hydrogen-bond donors (Lipinski definition) is 0. The first-order valence-electron chi connectivity index (χ1n) is 12.1. The van der Waals surface area contributed by atoms with Crippen molar-refractivity contribution in [1.82, 2.24) is 0 Å². The minimum atomic E-state index is -1.01. The standard InChI is InChI=1S/C33H30O2/c1-32(2,3)35-33(27-22-14-7-15-23-27)29(25-18-10-5-11-19-25)28(24-16-8-4-9-17-24)31(34)30(33)26-20-12-6-13-21-26/h4-23,30H,1-3H3/t30-,33-/m0/s1. The molecule has 174 valence electrons. The summed E-state index contributed by atoms with van der Waals surface area (Å²) in [6.07, 6.45) is 0.